The van der Waals surface area contributed by atoms with Gasteiger partial charge in [-0.3, -0.25) is 19.3 Å². The molecule has 0 aromatic rings. The molecule has 3 aliphatic carbocycles. The second-order valence-electron chi connectivity index (χ2n) is 8.59. The topological polar surface area (TPSA) is 77.9 Å². The van der Waals surface area contributed by atoms with Crippen LogP contribution >= 0.6 is 0 Å². The van der Waals surface area contributed by atoms with Gasteiger partial charge < -0.3 is 10.0 Å². The van der Waals surface area contributed by atoms with Crippen LogP contribution in [0.5, 0.6) is 0 Å². The quantitative estimate of drug-likeness (QED) is 0.756. The van der Waals surface area contributed by atoms with E-state index in [1.54, 1.807) is 0 Å². The van der Waals surface area contributed by atoms with Crippen LogP contribution in [0.1, 0.15) is 39.0 Å². The van der Waals surface area contributed by atoms with Crippen LogP contribution in [-0.2, 0) is 14.4 Å². The van der Waals surface area contributed by atoms with E-state index >= 15 is 0 Å². The van der Waals surface area contributed by atoms with E-state index < -0.39 is 12.0 Å². The van der Waals surface area contributed by atoms with Gasteiger partial charge in [0.2, 0.25) is 11.8 Å². The number of likely N-dealkylation sites (tertiary alicyclic amines) is 2. The van der Waals surface area contributed by atoms with Crippen LogP contribution in [0.4, 0.5) is 0 Å². The van der Waals surface area contributed by atoms with E-state index in [9.17, 15) is 19.5 Å². The Hall–Kier alpha value is -1.27. The Morgan fingerprint density at radius 1 is 1.00 bits per heavy atom. The Morgan fingerprint density at radius 2 is 1.68 bits per heavy atom. The second-order valence-corrected chi connectivity index (χ2v) is 8.59. The summed E-state index contributed by atoms with van der Waals surface area (Å²) in [5, 5.41) is 10.4. The van der Waals surface area contributed by atoms with Crippen molar-refractivity contribution in [2.75, 3.05) is 26.2 Å². The average molecular weight is 348 g/mol. The molecule has 5 fully saturated rings. The SMILES string of the molecule is CC1CCN(CC(O)CN2C(=O)C3C4CCC(C(=O)C4)C3C2=O)CC1. The molecule has 25 heavy (non-hydrogen) atoms. The highest BCUT2D eigenvalue weighted by atomic mass is 16.3. The molecule has 5 rings (SSSR count). The summed E-state index contributed by atoms with van der Waals surface area (Å²) in [7, 11) is 0. The lowest BCUT2D eigenvalue weighted by Crippen LogP contribution is -2.46. The van der Waals surface area contributed by atoms with Crippen LogP contribution < -0.4 is 0 Å². The number of carbonyl (C=O) groups excluding carboxylic acids is 3. The van der Waals surface area contributed by atoms with Gasteiger partial charge >= 0.3 is 0 Å². The number of Topliss-reactive ketones (excluding diaryl/α,β-unsaturated/α-hetero) is 1. The Morgan fingerprint density at radius 3 is 2.36 bits per heavy atom. The molecule has 3 saturated carbocycles. The summed E-state index contributed by atoms with van der Waals surface area (Å²) in [6.07, 6.45) is 3.61. The number of rotatable bonds is 4. The number of carbonyl (C=O) groups is 3. The Bertz CT molecular complexity index is 584. The number of hydrogen-bond donors (Lipinski definition) is 1. The minimum Gasteiger partial charge on any atom is -0.390 e. The van der Waals surface area contributed by atoms with Gasteiger partial charge in [0, 0.05) is 18.9 Å². The van der Waals surface area contributed by atoms with Crippen LogP contribution in [0.25, 0.3) is 0 Å². The molecule has 2 amide bonds. The maximum absolute atomic E-state index is 12.8. The molecule has 2 heterocycles. The van der Waals surface area contributed by atoms with E-state index in [1.165, 1.54) is 4.90 Å². The molecule has 6 heteroatoms. The smallest absolute Gasteiger partial charge is 0.233 e. The van der Waals surface area contributed by atoms with Gasteiger partial charge in [0.1, 0.15) is 5.78 Å². The van der Waals surface area contributed by atoms with Crippen molar-refractivity contribution < 1.29 is 19.5 Å². The molecule has 2 aliphatic heterocycles. The van der Waals surface area contributed by atoms with Crippen molar-refractivity contribution >= 4 is 17.6 Å². The molecule has 0 aromatic carbocycles. The lowest BCUT2D eigenvalue weighted by atomic mass is 9.59. The van der Waals surface area contributed by atoms with Gasteiger partial charge in [0.15, 0.2) is 0 Å². The Kier molecular flexibility index (Phi) is 4.44. The monoisotopic (exact) mass is 348 g/mol. The maximum atomic E-state index is 12.8. The lowest BCUT2D eigenvalue weighted by molar-refractivity contribution is -0.144. The van der Waals surface area contributed by atoms with E-state index in [2.05, 4.69) is 11.8 Å². The number of amides is 2. The second kappa shape index (κ2) is 6.47. The molecular weight excluding hydrogens is 320 g/mol. The van der Waals surface area contributed by atoms with E-state index in [-0.39, 0.29) is 41.9 Å². The predicted molar refractivity (Wildman–Crippen MR) is 90.4 cm³/mol. The number of β-amino-alcohol motifs (C(OH)–C–C–N with tert-alkyl or cyclic N) is 1. The van der Waals surface area contributed by atoms with Gasteiger partial charge in [0.05, 0.1) is 24.5 Å². The first-order valence-electron chi connectivity index (χ1n) is 9.74. The molecule has 138 valence electrons. The third-order valence-corrected chi connectivity index (χ3v) is 6.89. The minimum absolute atomic E-state index is 0.0321. The van der Waals surface area contributed by atoms with Gasteiger partial charge in [-0.25, -0.2) is 0 Å². The van der Waals surface area contributed by atoms with Crippen molar-refractivity contribution in [3.8, 4) is 0 Å². The van der Waals surface area contributed by atoms with Gasteiger partial charge in [-0.1, -0.05) is 6.92 Å². The summed E-state index contributed by atoms with van der Waals surface area (Å²) < 4.78 is 0. The largest absolute Gasteiger partial charge is 0.390 e. The van der Waals surface area contributed by atoms with Crippen LogP contribution in [0.3, 0.4) is 0 Å². The molecule has 5 unspecified atom stereocenters. The third-order valence-electron chi connectivity index (χ3n) is 6.89. The van der Waals surface area contributed by atoms with Crippen LogP contribution in [0.15, 0.2) is 0 Å². The predicted octanol–water partition coefficient (Wildman–Crippen LogP) is 0.679. The molecular formula is C19H28N2O4. The number of imide groups is 1. The van der Waals surface area contributed by atoms with Gasteiger partial charge in [-0.15, -0.1) is 0 Å². The van der Waals surface area contributed by atoms with Gasteiger partial charge in [0.25, 0.3) is 0 Å². The summed E-state index contributed by atoms with van der Waals surface area (Å²) in [5.74, 6) is -0.480. The number of aliphatic hydroxyl groups is 1. The molecule has 0 aromatic heterocycles. The van der Waals surface area contributed by atoms with Crippen LogP contribution in [0, 0.1) is 29.6 Å². The number of nitrogens with zero attached hydrogens (tertiary/aromatic N) is 2. The van der Waals surface area contributed by atoms with Crippen molar-refractivity contribution in [1.82, 2.24) is 9.80 Å². The van der Waals surface area contributed by atoms with E-state index in [4.69, 9.17) is 0 Å². The summed E-state index contributed by atoms with van der Waals surface area (Å²) >= 11 is 0. The third kappa shape index (κ3) is 2.93. The van der Waals surface area contributed by atoms with E-state index in [0.717, 1.165) is 44.7 Å². The minimum atomic E-state index is -0.713. The number of aliphatic hydroxyl groups excluding tert-OH is 1. The van der Waals surface area contributed by atoms with Crippen molar-refractivity contribution in [3.63, 3.8) is 0 Å². The highest BCUT2D eigenvalue weighted by Crippen LogP contribution is 2.51. The average Bonchev–Trinajstić information content (AvgIpc) is 2.84. The highest BCUT2D eigenvalue weighted by Gasteiger charge is 2.60. The summed E-state index contributed by atoms with van der Waals surface area (Å²) in [6.45, 7) is 4.75. The standard InChI is InChI=1S/C19H28N2O4/c1-11-4-6-20(7-5-11)9-13(22)10-21-18(24)16-12-2-3-14(15(23)8-12)17(16)19(21)25/h11-14,16-17,22H,2-10H2,1H3. The Balaban J connectivity index is 1.40. The zero-order valence-corrected chi connectivity index (χ0v) is 14.9. The fourth-order valence-corrected chi connectivity index (χ4v) is 5.44. The number of ketones is 1. The summed E-state index contributed by atoms with van der Waals surface area (Å²) in [5.41, 5.74) is 0. The first-order valence-corrected chi connectivity index (χ1v) is 9.74. The lowest BCUT2D eigenvalue weighted by Gasteiger charge is -2.41. The fraction of sp³-hybridized carbons (Fsp3) is 0.842. The number of fused-ring (bicyclic) bond motifs is 2. The van der Waals surface area contributed by atoms with Crippen molar-refractivity contribution in [3.05, 3.63) is 0 Å². The van der Waals surface area contributed by atoms with E-state index in [0.29, 0.717) is 13.0 Å². The summed E-state index contributed by atoms with van der Waals surface area (Å²) in [6, 6.07) is 0. The molecule has 2 bridgehead atoms. The molecule has 0 spiro atoms. The zero-order chi connectivity index (χ0) is 17.7. The zero-order valence-electron chi connectivity index (χ0n) is 14.9. The van der Waals surface area contributed by atoms with Gasteiger partial charge in [-0.05, 0) is 50.6 Å². The summed E-state index contributed by atoms with van der Waals surface area (Å²) in [4.78, 5) is 41.2. The molecule has 6 nitrogen and oxygen atoms in total. The first kappa shape index (κ1) is 17.2. The van der Waals surface area contributed by atoms with Gasteiger partial charge in [-0.2, -0.15) is 0 Å². The molecule has 0 radical (unpaired) electrons. The molecule has 2 saturated heterocycles. The first-order chi connectivity index (χ1) is 12.0. The normalized spacial score (nSPS) is 37.7. The fourth-order valence-electron chi connectivity index (χ4n) is 5.44. The van der Waals surface area contributed by atoms with Crippen molar-refractivity contribution in [1.29, 1.82) is 0 Å². The Labute approximate surface area is 148 Å². The highest BCUT2D eigenvalue weighted by molar-refractivity contribution is 6.08. The van der Waals surface area contributed by atoms with Crippen molar-refractivity contribution in [2.24, 2.45) is 29.6 Å². The van der Waals surface area contributed by atoms with Crippen LogP contribution in [-0.4, -0.2) is 64.8 Å². The number of piperidine rings is 1. The molecule has 5 aliphatic rings. The maximum Gasteiger partial charge on any atom is 0.233 e. The molecule has 1 N–H and O–H groups in total. The van der Waals surface area contributed by atoms with E-state index in [1.807, 2.05) is 0 Å². The molecule has 5 atom stereocenters. The van der Waals surface area contributed by atoms with Crippen LogP contribution in [0.2, 0.25) is 0 Å². The number of hydrogen-bond acceptors (Lipinski definition) is 5. The van der Waals surface area contributed by atoms with Crippen molar-refractivity contribution in [2.45, 2.75) is 45.1 Å².